The average Bonchev–Trinajstić information content (AvgIpc) is 3.06. The Morgan fingerprint density at radius 2 is 1.73 bits per heavy atom. The van der Waals surface area contributed by atoms with Gasteiger partial charge in [0.15, 0.2) is 0 Å². The zero-order valence-corrected chi connectivity index (χ0v) is 15.2. The van der Waals surface area contributed by atoms with Crippen LogP contribution in [0.1, 0.15) is 50.5 Å². The normalized spacial score (nSPS) is 30.0. The van der Waals surface area contributed by atoms with Gasteiger partial charge in [0, 0.05) is 19.5 Å². The first kappa shape index (κ1) is 17.5. The fraction of sp³-hybridized carbons (Fsp3) is 0.619. The highest BCUT2D eigenvalue weighted by atomic mass is 16.3. The van der Waals surface area contributed by atoms with E-state index in [1.165, 1.54) is 19.3 Å². The van der Waals surface area contributed by atoms with Gasteiger partial charge in [-0.05, 0) is 17.9 Å². The number of piperazine rings is 1. The molecule has 1 aromatic rings. The average molecular weight is 356 g/mol. The summed E-state index contributed by atoms with van der Waals surface area (Å²) in [7, 11) is 0. The fourth-order valence-electron chi connectivity index (χ4n) is 4.90. The lowest BCUT2D eigenvalue weighted by molar-refractivity contribution is -0.161. The van der Waals surface area contributed by atoms with Gasteiger partial charge in [-0.2, -0.15) is 0 Å². The summed E-state index contributed by atoms with van der Waals surface area (Å²) in [5.74, 6) is 0.561. The summed E-state index contributed by atoms with van der Waals surface area (Å²) >= 11 is 0. The minimum atomic E-state index is -0.583. The van der Waals surface area contributed by atoms with Gasteiger partial charge in [0.1, 0.15) is 12.1 Å². The van der Waals surface area contributed by atoms with Crippen molar-refractivity contribution >= 4 is 11.8 Å². The largest absolute Gasteiger partial charge is 0.391 e. The molecule has 3 atom stereocenters. The highest BCUT2D eigenvalue weighted by molar-refractivity contribution is 5.97. The summed E-state index contributed by atoms with van der Waals surface area (Å²) in [4.78, 5) is 29.8. The second-order valence-corrected chi connectivity index (χ2v) is 8.10. The summed E-state index contributed by atoms with van der Waals surface area (Å²) in [6.45, 7) is 0.777. The Morgan fingerprint density at radius 1 is 1.00 bits per heavy atom. The first-order valence-corrected chi connectivity index (χ1v) is 9.96. The van der Waals surface area contributed by atoms with Crippen LogP contribution < -0.4 is 0 Å². The van der Waals surface area contributed by atoms with Gasteiger partial charge in [-0.3, -0.25) is 9.59 Å². The van der Waals surface area contributed by atoms with Gasteiger partial charge < -0.3 is 14.9 Å². The van der Waals surface area contributed by atoms with Crippen LogP contribution in [0.4, 0.5) is 0 Å². The second kappa shape index (κ2) is 7.39. The Morgan fingerprint density at radius 3 is 2.46 bits per heavy atom. The smallest absolute Gasteiger partial charge is 0.246 e. The predicted molar refractivity (Wildman–Crippen MR) is 98.1 cm³/mol. The van der Waals surface area contributed by atoms with Crippen LogP contribution >= 0.6 is 0 Å². The number of hydrogen-bond donors (Lipinski definition) is 1. The lowest BCUT2D eigenvalue weighted by Gasteiger charge is -2.43. The summed E-state index contributed by atoms with van der Waals surface area (Å²) < 4.78 is 0. The third kappa shape index (κ3) is 3.37. The topological polar surface area (TPSA) is 60.9 Å². The molecule has 1 aromatic carbocycles. The van der Waals surface area contributed by atoms with Gasteiger partial charge >= 0.3 is 0 Å². The molecular formula is C21H28N2O3. The van der Waals surface area contributed by atoms with Crippen LogP contribution in [-0.2, 0) is 16.1 Å². The number of aliphatic hydroxyl groups excluding tert-OH is 1. The SMILES string of the molecule is O=C1C2C[C@@H](O)CN2C(=O)C(CC2CCCCC2)N1Cc1ccccc1. The van der Waals surface area contributed by atoms with Crippen LogP contribution in [0.5, 0.6) is 0 Å². The van der Waals surface area contributed by atoms with E-state index in [2.05, 4.69) is 0 Å². The molecule has 0 radical (unpaired) electrons. The van der Waals surface area contributed by atoms with Crippen LogP contribution in [0.25, 0.3) is 0 Å². The Balaban J connectivity index is 1.59. The lowest BCUT2D eigenvalue weighted by atomic mass is 9.83. The molecule has 26 heavy (non-hydrogen) atoms. The highest BCUT2D eigenvalue weighted by Gasteiger charge is 2.50. The summed E-state index contributed by atoms with van der Waals surface area (Å²) in [6, 6.07) is 9.04. The Labute approximate surface area is 155 Å². The number of hydrogen-bond acceptors (Lipinski definition) is 3. The molecule has 0 bridgehead atoms. The molecule has 4 rings (SSSR count). The van der Waals surface area contributed by atoms with Crippen molar-refractivity contribution in [1.29, 1.82) is 0 Å². The molecule has 1 aliphatic carbocycles. The maximum atomic E-state index is 13.2. The number of fused-ring (bicyclic) bond motifs is 1. The molecule has 2 saturated heterocycles. The summed E-state index contributed by atoms with van der Waals surface area (Å²) in [5.41, 5.74) is 1.05. The standard InChI is InChI=1S/C21H28N2O3/c24-17-12-19-21(26)22(13-16-9-5-2-6-10-16)18(20(25)23(19)14-17)11-15-7-3-1-4-8-15/h2,5-6,9-10,15,17-19,24H,1,3-4,7-8,11-14H2/t17-,18?,19?/m1/s1. The fourth-order valence-corrected chi connectivity index (χ4v) is 4.90. The van der Waals surface area contributed by atoms with E-state index < -0.39 is 12.1 Å². The van der Waals surface area contributed by atoms with Crippen molar-refractivity contribution in [1.82, 2.24) is 9.80 Å². The van der Waals surface area contributed by atoms with Crippen molar-refractivity contribution in [3.8, 4) is 0 Å². The molecule has 1 N–H and O–H groups in total. The van der Waals surface area contributed by atoms with Crippen LogP contribution in [0.15, 0.2) is 30.3 Å². The maximum Gasteiger partial charge on any atom is 0.246 e. The van der Waals surface area contributed by atoms with Gasteiger partial charge in [0.05, 0.1) is 6.10 Å². The first-order valence-electron chi connectivity index (χ1n) is 9.96. The second-order valence-electron chi connectivity index (χ2n) is 8.10. The number of carbonyl (C=O) groups is 2. The van der Waals surface area contributed by atoms with Crippen molar-refractivity contribution in [2.45, 2.75) is 69.7 Å². The van der Waals surface area contributed by atoms with E-state index in [0.717, 1.165) is 24.8 Å². The lowest BCUT2D eigenvalue weighted by Crippen LogP contribution is -2.62. The molecule has 0 spiro atoms. The molecule has 2 aliphatic heterocycles. The molecule has 2 heterocycles. The van der Waals surface area contributed by atoms with E-state index in [1.54, 1.807) is 9.80 Å². The van der Waals surface area contributed by atoms with Gasteiger partial charge in [0.2, 0.25) is 11.8 Å². The Hall–Kier alpha value is -1.88. The number of amides is 2. The number of rotatable bonds is 4. The van der Waals surface area contributed by atoms with Crippen molar-refractivity contribution in [2.24, 2.45) is 5.92 Å². The van der Waals surface area contributed by atoms with Crippen molar-refractivity contribution in [3.05, 3.63) is 35.9 Å². The van der Waals surface area contributed by atoms with E-state index in [1.807, 2.05) is 30.3 Å². The molecule has 5 nitrogen and oxygen atoms in total. The monoisotopic (exact) mass is 356 g/mol. The Kier molecular flexibility index (Phi) is 4.98. The quantitative estimate of drug-likeness (QED) is 0.901. The molecule has 140 valence electrons. The highest BCUT2D eigenvalue weighted by Crippen LogP contribution is 2.34. The molecule has 0 aromatic heterocycles. The number of benzene rings is 1. The molecular weight excluding hydrogens is 328 g/mol. The van der Waals surface area contributed by atoms with E-state index >= 15 is 0 Å². The zero-order valence-electron chi connectivity index (χ0n) is 15.2. The van der Waals surface area contributed by atoms with E-state index in [-0.39, 0.29) is 17.9 Å². The van der Waals surface area contributed by atoms with Crippen LogP contribution in [-0.4, -0.2) is 51.5 Å². The molecule has 2 unspecified atom stereocenters. The van der Waals surface area contributed by atoms with Crippen molar-refractivity contribution in [2.75, 3.05) is 6.54 Å². The minimum Gasteiger partial charge on any atom is -0.391 e. The van der Waals surface area contributed by atoms with Crippen molar-refractivity contribution in [3.63, 3.8) is 0 Å². The molecule has 3 fully saturated rings. The van der Waals surface area contributed by atoms with E-state index in [9.17, 15) is 14.7 Å². The van der Waals surface area contributed by atoms with Gasteiger partial charge in [-0.25, -0.2) is 0 Å². The van der Waals surface area contributed by atoms with Crippen LogP contribution in [0.2, 0.25) is 0 Å². The molecule has 3 aliphatic rings. The Bertz CT molecular complexity index is 656. The van der Waals surface area contributed by atoms with Crippen LogP contribution in [0.3, 0.4) is 0 Å². The molecule has 2 amide bonds. The van der Waals surface area contributed by atoms with Crippen molar-refractivity contribution < 1.29 is 14.7 Å². The van der Waals surface area contributed by atoms with E-state index in [0.29, 0.717) is 25.4 Å². The van der Waals surface area contributed by atoms with Crippen LogP contribution in [0, 0.1) is 5.92 Å². The number of carbonyl (C=O) groups excluding carboxylic acids is 2. The summed E-state index contributed by atoms with van der Waals surface area (Å²) in [6.07, 6.45) is 6.59. The maximum absolute atomic E-state index is 13.2. The number of nitrogens with zero attached hydrogens (tertiary/aromatic N) is 2. The third-order valence-electron chi connectivity index (χ3n) is 6.27. The first-order chi connectivity index (χ1) is 12.6. The minimum absolute atomic E-state index is 0.00538. The number of aliphatic hydroxyl groups is 1. The molecule has 1 saturated carbocycles. The van der Waals surface area contributed by atoms with Gasteiger partial charge in [-0.15, -0.1) is 0 Å². The third-order valence-corrected chi connectivity index (χ3v) is 6.27. The van der Waals surface area contributed by atoms with Gasteiger partial charge in [-0.1, -0.05) is 62.4 Å². The van der Waals surface area contributed by atoms with E-state index in [4.69, 9.17) is 0 Å². The zero-order chi connectivity index (χ0) is 18.1. The van der Waals surface area contributed by atoms with Gasteiger partial charge in [0.25, 0.3) is 0 Å². The summed E-state index contributed by atoms with van der Waals surface area (Å²) in [5, 5.41) is 10.0. The predicted octanol–water partition coefficient (Wildman–Crippen LogP) is 2.33. The molecule has 5 heteroatoms.